The van der Waals surface area contributed by atoms with Gasteiger partial charge in [0.25, 0.3) is 0 Å². The number of halogens is 2. The summed E-state index contributed by atoms with van der Waals surface area (Å²) in [7, 11) is 0. The van der Waals surface area contributed by atoms with Crippen LogP contribution >= 0.6 is 43.2 Å². The highest BCUT2D eigenvalue weighted by molar-refractivity contribution is 9.13. The highest BCUT2D eigenvalue weighted by Crippen LogP contribution is 2.32. The number of carbonyl (C=O) groups excluding carboxylic acids is 1. The molecule has 2 N–H and O–H groups in total. The Bertz CT molecular complexity index is 375. The van der Waals surface area contributed by atoms with E-state index in [4.69, 9.17) is 0 Å². The molecule has 88 valence electrons. The average Bonchev–Trinajstić information content (AvgIpc) is 2.57. The van der Waals surface area contributed by atoms with Gasteiger partial charge in [-0.15, -0.1) is 11.3 Å². The molecular formula is C10H12Br2N2OS. The van der Waals surface area contributed by atoms with E-state index < -0.39 is 0 Å². The summed E-state index contributed by atoms with van der Waals surface area (Å²) < 4.78 is 2.17. The summed E-state index contributed by atoms with van der Waals surface area (Å²) in [5.41, 5.74) is 0. The van der Waals surface area contributed by atoms with E-state index in [1.165, 1.54) is 4.88 Å². The summed E-state index contributed by atoms with van der Waals surface area (Å²) in [6.07, 6.45) is 1.99. The van der Waals surface area contributed by atoms with Gasteiger partial charge in [-0.25, -0.2) is 0 Å². The average molecular weight is 368 g/mol. The third-order valence-corrected chi connectivity index (χ3v) is 5.76. The van der Waals surface area contributed by atoms with Gasteiger partial charge >= 0.3 is 0 Å². The summed E-state index contributed by atoms with van der Waals surface area (Å²) in [6.45, 7) is 1.56. The van der Waals surface area contributed by atoms with E-state index in [1.807, 2.05) is 0 Å². The van der Waals surface area contributed by atoms with Crippen molar-refractivity contribution in [1.29, 1.82) is 0 Å². The van der Waals surface area contributed by atoms with Crippen molar-refractivity contribution in [3.8, 4) is 0 Å². The van der Waals surface area contributed by atoms with Gasteiger partial charge in [-0.3, -0.25) is 4.79 Å². The predicted molar refractivity (Wildman–Crippen MR) is 72.6 cm³/mol. The van der Waals surface area contributed by atoms with Crippen LogP contribution in [0.2, 0.25) is 0 Å². The van der Waals surface area contributed by atoms with E-state index in [-0.39, 0.29) is 11.9 Å². The standard InChI is InChI=1S/C10H12Br2N2OS/c11-7-4-6(16-9(7)12)5-14-8-2-1-3-13-10(8)15/h4,8,14H,1-3,5H2,(H,13,15). The Morgan fingerprint density at radius 3 is 3.00 bits per heavy atom. The molecule has 1 aromatic rings. The molecule has 1 atom stereocenters. The largest absolute Gasteiger partial charge is 0.355 e. The molecule has 0 saturated carbocycles. The van der Waals surface area contributed by atoms with E-state index in [0.29, 0.717) is 0 Å². The molecule has 1 saturated heterocycles. The lowest BCUT2D eigenvalue weighted by Gasteiger charge is -2.22. The fourth-order valence-electron chi connectivity index (χ4n) is 1.67. The Morgan fingerprint density at radius 1 is 1.56 bits per heavy atom. The first-order chi connectivity index (χ1) is 7.66. The lowest BCUT2D eigenvalue weighted by Crippen LogP contribution is -2.47. The first-order valence-electron chi connectivity index (χ1n) is 5.11. The van der Waals surface area contributed by atoms with Crippen LogP contribution < -0.4 is 10.6 Å². The van der Waals surface area contributed by atoms with Crippen molar-refractivity contribution >= 4 is 49.1 Å². The summed E-state index contributed by atoms with van der Waals surface area (Å²) in [4.78, 5) is 12.7. The predicted octanol–water partition coefficient (Wildman–Crippen LogP) is 2.64. The van der Waals surface area contributed by atoms with Crippen molar-refractivity contribution in [3.63, 3.8) is 0 Å². The zero-order valence-corrected chi connectivity index (χ0v) is 12.5. The van der Waals surface area contributed by atoms with Crippen LogP contribution in [0, 0.1) is 0 Å². The summed E-state index contributed by atoms with van der Waals surface area (Å²) in [5, 5.41) is 6.15. The van der Waals surface area contributed by atoms with E-state index in [0.717, 1.165) is 34.2 Å². The number of rotatable bonds is 3. The molecule has 16 heavy (non-hydrogen) atoms. The molecule has 2 rings (SSSR count). The molecule has 0 spiro atoms. The number of piperidine rings is 1. The van der Waals surface area contributed by atoms with E-state index in [2.05, 4.69) is 48.6 Å². The molecule has 1 aliphatic heterocycles. The lowest BCUT2D eigenvalue weighted by atomic mass is 10.1. The van der Waals surface area contributed by atoms with E-state index in [9.17, 15) is 4.79 Å². The SMILES string of the molecule is O=C1NCCCC1NCc1cc(Br)c(Br)s1. The minimum atomic E-state index is -0.0339. The number of hydrogen-bond donors (Lipinski definition) is 2. The van der Waals surface area contributed by atoms with Crippen molar-refractivity contribution in [2.24, 2.45) is 0 Å². The van der Waals surface area contributed by atoms with Crippen LogP contribution in [0.1, 0.15) is 17.7 Å². The van der Waals surface area contributed by atoms with Gasteiger partial charge in [-0.1, -0.05) is 0 Å². The third-order valence-electron chi connectivity index (χ3n) is 2.50. The van der Waals surface area contributed by atoms with Crippen molar-refractivity contribution in [3.05, 3.63) is 19.2 Å². The van der Waals surface area contributed by atoms with E-state index in [1.54, 1.807) is 11.3 Å². The maximum Gasteiger partial charge on any atom is 0.237 e. The van der Waals surface area contributed by atoms with Crippen molar-refractivity contribution in [1.82, 2.24) is 10.6 Å². The lowest BCUT2D eigenvalue weighted by molar-refractivity contribution is -0.124. The molecule has 6 heteroatoms. The van der Waals surface area contributed by atoms with Crippen molar-refractivity contribution in [2.75, 3.05) is 6.54 Å². The quantitative estimate of drug-likeness (QED) is 0.862. The summed E-state index contributed by atoms with van der Waals surface area (Å²) in [5.74, 6) is 0.126. The van der Waals surface area contributed by atoms with Gasteiger partial charge in [-0.2, -0.15) is 0 Å². The first kappa shape index (κ1) is 12.5. The molecule has 1 aliphatic rings. The minimum Gasteiger partial charge on any atom is -0.355 e. The second-order valence-corrected chi connectivity index (χ2v) is 7.01. The van der Waals surface area contributed by atoms with Gasteiger partial charge in [0.05, 0.1) is 9.83 Å². The zero-order valence-electron chi connectivity index (χ0n) is 8.56. The third kappa shape index (κ3) is 3.06. The van der Waals surface area contributed by atoms with Gasteiger partial charge in [0.1, 0.15) is 0 Å². The zero-order chi connectivity index (χ0) is 11.5. The molecule has 1 unspecified atom stereocenters. The maximum absolute atomic E-state index is 11.5. The van der Waals surface area contributed by atoms with Gasteiger partial charge in [-0.05, 0) is 50.8 Å². The molecule has 0 aromatic carbocycles. The van der Waals surface area contributed by atoms with Gasteiger partial charge in [0.15, 0.2) is 0 Å². The second-order valence-electron chi connectivity index (χ2n) is 3.70. The fourth-order valence-corrected chi connectivity index (χ4v) is 3.80. The molecule has 0 aliphatic carbocycles. The van der Waals surface area contributed by atoms with Crippen LogP contribution in [-0.2, 0) is 11.3 Å². The molecule has 0 bridgehead atoms. The highest BCUT2D eigenvalue weighted by Gasteiger charge is 2.21. The smallest absolute Gasteiger partial charge is 0.237 e. The molecule has 1 fully saturated rings. The van der Waals surface area contributed by atoms with Gasteiger partial charge in [0.2, 0.25) is 5.91 Å². The number of thiophene rings is 1. The van der Waals surface area contributed by atoms with Crippen LogP contribution in [0.15, 0.2) is 14.3 Å². The Morgan fingerprint density at radius 2 is 2.38 bits per heavy atom. The second kappa shape index (κ2) is 5.62. The summed E-state index contributed by atoms with van der Waals surface area (Å²) in [6, 6.07) is 2.04. The molecule has 0 radical (unpaired) electrons. The fraction of sp³-hybridized carbons (Fsp3) is 0.500. The van der Waals surface area contributed by atoms with Crippen molar-refractivity contribution in [2.45, 2.75) is 25.4 Å². The van der Waals surface area contributed by atoms with Crippen LogP contribution in [0.3, 0.4) is 0 Å². The maximum atomic E-state index is 11.5. The Labute approximate surface area is 115 Å². The van der Waals surface area contributed by atoms with E-state index >= 15 is 0 Å². The van der Waals surface area contributed by atoms with Gasteiger partial charge < -0.3 is 10.6 Å². The normalized spacial score (nSPS) is 20.9. The Kier molecular flexibility index (Phi) is 4.41. The van der Waals surface area contributed by atoms with Gasteiger partial charge in [0, 0.05) is 22.4 Å². The first-order valence-corrected chi connectivity index (χ1v) is 7.52. The monoisotopic (exact) mass is 366 g/mol. The molecule has 1 amide bonds. The van der Waals surface area contributed by atoms with Crippen LogP contribution in [0.5, 0.6) is 0 Å². The van der Waals surface area contributed by atoms with Crippen molar-refractivity contribution < 1.29 is 4.79 Å². The Hall–Kier alpha value is 0.0900. The van der Waals surface area contributed by atoms with Crippen LogP contribution in [0.25, 0.3) is 0 Å². The molecule has 1 aromatic heterocycles. The molecule has 2 heterocycles. The highest BCUT2D eigenvalue weighted by atomic mass is 79.9. The number of amides is 1. The number of carbonyl (C=O) groups is 1. The number of nitrogens with one attached hydrogen (secondary N) is 2. The topological polar surface area (TPSA) is 41.1 Å². The van der Waals surface area contributed by atoms with Crippen LogP contribution in [-0.4, -0.2) is 18.5 Å². The summed E-state index contributed by atoms with van der Waals surface area (Å²) >= 11 is 8.59. The Balaban J connectivity index is 1.89. The van der Waals surface area contributed by atoms with Crippen LogP contribution in [0.4, 0.5) is 0 Å². The minimum absolute atomic E-state index is 0.0339. The number of hydrogen-bond acceptors (Lipinski definition) is 3. The molecule has 3 nitrogen and oxygen atoms in total. The molecular weight excluding hydrogens is 356 g/mol.